The normalized spacial score (nSPS) is 10.2. The average Bonchev–Trinajstić information content (AvgIpc) is 2.31. The summed E-state index contributed by atoms with van der Waals surface area (Å²) in [6, 6.07) is 19.0. The monoisotopic (exact) mass is 215 g/mol. The molecule has 2 heteroatoms. The Morgan fingerprint density at radius 1 is 1.07 bits per heavy atom. The fourth-order valence-electron chi connectivity index (χ4n) is 1.23. The molecule has 2 aromatic rings. The lowest BCUT2D eigenvalue weighted by atomic mass is 10.2. The molecule has 0 atom stereocenters. The highest BCUT2D eigenvalue weighted by atomic mass is 32.2. The molecule has 0 saturated heterocycles. The molecule has 0 spiro atoms. The van der Waals surface area contributed by atoms with E-state index in [1.165, 1.54) is 0 Å². The van der Waals surface area contributed by atoms with Crippen LogP contribution in [0.5, 0.6) is 0 Å². The number of aliphatic hydroxyl groups excluding tert-OH is 1. The van der Waals surface area contributed by atoms with Crippen molar-refractivity contribution in [1.29, 1.82) is 0 Å². The highest BCUT2D eigenvalue weighted by Crippen LogP contribution is 2.26. The Balaban J connectivity index is 2.11. The SMILES string of the molecule is OCc1ccc(Sc2[c]cccc2)cc1. The number of hydrogen-bond acceptors (Lipinski definition) is 2. The summed E-state index contributed by atoms with van der Waals surface area (Å²) in [5.41, 5.74) is 0.941. The molecule has 75 valence electrons. The van der Waals surface area contributed by atoms with Gasteiger partial charge in [-0.05, 0) is 29.8 Å². The van der Waals surface area contributed by atoms with Crippen molar-refractivity contribution in [1.82, 2.24) is 0 Å². The number of aliphatic hydroxyl groups is 1. The topological polar surface area (TPSA) is 20.2 Å². The van der Waals surface area contributed by atoms with E-state index in [-0.39, 0.29) is 6.61 Å². The lowest BCUT2D eigenvalue weighted by molar-refractivity contribution is 0.282. The van der Waals surface area contributed by atoms with Gasteiger partial charge in [-0.3, -0.25) is 0 Å². The van der Waals surface area contributed by atoms with E-state index in [1.807, 2.05) is 48.5 Å². The Bertz CT molecular complexity index is 408. The first kappa shape index (κ1) is 10.3. The van der Waals surface area contributed by atoms with Crippen molar-refractivity contribution in [3.8, 4) is 0 Å². The lowest BCUT2D eigenvalue weighted by Crippen LogP contribution is -1.81. The molecule has 2 aromatic carbocycles. The van der Waals surface area contributed by atoms with Gasteiger partial charge in [0.2, 0.25) is 0 Å². The maximum atomic E-state index is 8.91. The van der Waals surface area contributed by atoms with Crippen LogP contribution in [0.2, 0.25) is 0 Å². The van der Waals surface area contributed by atoms with Gasteiger partial charge < -0.3 is 5.11 Å². The van der Waals surface area contributed by atoms with Crippen molar-refractivity contribution in [2.45, 2.75) is 16.4 Å². The second kappa shape index (κ2) is 5.01. The van der Waals surface area contributed by atoms with Crippen LogP contribution in [-0.4, -0.2) is 5.11 Å². The molecule has 0 aliphatic rings. The summed E-state index contributed by atoms with van der Waals surface area (Å²) in [6.07, 6.45) is 0. The van der Waals surface area contributed by atoms with E-state index >= 15 is 0 Å². The Hall–Kier alpha value is -1.25. The van der Waals surface area contributed by atoms with Gasteiger partial charge in [-0.25, -0.2) is 0 Å². The van der Waals surface area contributed by atoms with Gasteiger partial charge in [0.05, 0.1) is 6.61 Å². The van der Waals surface area contributed by atoms with Crippen LogP contribution >= 0.6 is 11.8 Å². The molecule has 1 radical (unpaired) electrons. The quantitative estimate of drug-likeness (QED) is 0.848. The third-order valence-corrected chi connectivity index (χ3v) is 3.00. The van der Waals surface area contributed by atoms with Crippen molar-refractivity contribution >= 4 is 11.8 Å². The van der Waals surface area contributed by atoms with Gasteiger partial charge in [0.15, 0.2) is 0 Å². The van der Waals surface area contributed by atoms with Crippen LogP contribution < -0.4 is 0 Å². The second-order valence-electron chi connectivity index (χ2n) is 3.13. The van der Waals surface area contributed by atoms with Gasteiger partial charge in [0, 0.05) is 9.79 Å². The van der Waals surface area contributed by atoms with Crippen LogP contribution in [0.25, 0.3) is 0 Å². The van der Waals surface area contributed by atoms with Crippen LogP contribution in [0.4, 0.5) is 0 Å². The van der Waals surface area contributed by atoms with Crippen LogP contribution in [0.15, 0.2) is 58.3 Å². The molecule has 15 heavy (non-hydrogen) atoms. The van der Waals surface area contributed by atoms with E-state index in [9.17, 15) is 0 Å². The van der Waals surface area contributed by atoms with Gasteiger partial charge >= 0.3 is 0 Å². The highest BCUT2D eigenvalue weighted by molar-refractivity contribution is 7.99. The number of hydrogen-bond donors (Lipinski definition) is 1. The van der Waals surface area contributed by atoms with Gasteiger partial charge in [-0.1, -0.05) is 42.1 Å². The summed E-state index contributed by atoms with van der Waals surface area (Å²) in [7, 11) is 0. The Kier molecular flexibility index (Phi) is 3.43. The molecule has 0 aromatic heterocycles. The van der Waals surface area contributed by atoms with Crippen molar-refractivity contribution in [3.63, 3.8) is 0 Å². The van der Waals surface area contributed by atoms with Gasteiger partial charge in [-0.15, -0.1) is 0 Å². The zero-order valence-electron chi connectivity index (χ0n) is 8.18. The predicted molar refractivity (Wildman–Crippen MR) is 61.8 cm³/mol. The number of rotatable bonds is 3. The molecule has 0 aliphatic carbocycles. The second-order valence-corrected chi connectivity index (χ2v) is 4.25. The summed E-state index contributed by atoms with van der Waals surface area (Å²) in [4.78, 5) is 2.27. The summed E-state index contributed by atoms with van der Waals surface area (Å²) in [5, 5.41) is 8.91. The fraction of sp³-hybridized carbons (Fsp3) is 0.0769. The third-order valence-electron chi connectivity index (χ3n) is 2.01. The molecule has 1 N–H and O–H groups in total. The molecule has 2 rings (SSSR count). The van der Waals surface area contributed by atoms with Gasteiger partial charge in [-0.2, -0.15) is 0 Å². The predicted octanol–water partition coefficient (Wildman–Crippen LogP) is 3.13. The van der Waals surface area contributed by atoms with Crippen molar-refractivity contribution in [2.75, 3.05) is 0 Å². The molecule has 0 heterocycles. The molecular weight excluding hydrogens is 204 g/mol. The highest BCUT2D eigenvalue weighted by Gasteiger charge is 1.96. The zero-order chi connectivity index (χ0) is 10.5. The summed E-state index contributed by atoms with van der Waals surface area (Å²) in [5.74, 6) is 0. The van der Waals surface area contributed by atoms with E-state index in [4.69, 9.17) is 5.11 Å². The van der Waals surface area contributed by atoms with E-state index in [0.29, 0.717) is 0 Å². The largest absolute Gasteiger partial charge is 0.392 e. The zero-order valence-corrected chi connectivity index (χ0v) is 9.00. The summed E-state index contributed by atoms with van der Waals surface area (Å²) < 4.78 is 0. The van der Waals surface area contributed by atoms with E-state index < -0.39 is 0 Å². The first-order valence-electron chi connectivity index (χ1n) is 4.73. The maximum Gasteiger partial charge on any atom is 0.0681 e. The molecule has 0 unspecified atom stereocenters. The summed E-state index contributed by atoms with van der Waals surface area (Å²) in [6.45, 7) is 0.0996. The van der Waals surface area contributed by atoms with Crippen LogP contribution in [0, 0.1) is 6.07 Å². The minimum Gasteiger partial charge on any atom is -0.392 e. The smallest absolute Gasteiger partial charge is 0.0681 e. The molecule has 0 saturated carbocycles. The standard InChI is InChI=1S/C13H11OS/c14-10-11-6-8-13(9-7-11)15-12-4-2-1-3-5-12/h1-4,6-9,14H,10H2. The molecule has 0 fully saturated rings. The van der Waals surface area contributed by atoms with Crippen LogP contribution in [0.3, 0.4) is 0 Å². The van der Waals surface area contributed by atoms with Gasteiger partial charge in [0.25, 0.3) is 0 Å². The van der Waals surface area contributed by atoms with E-state index in [2.05, 4.69) is 6.07 Å². The molecule has 1 nitrogen and oxygen atoms in total. The third kappa shape index (κ3) is 2.85. The fourth-order valence-corrected chi connectivity index (χ4v) is 2.03. The van der Waals surface area contributed by atoms with Crippen LogP contribution in [0.1, 0.15) is 5.56 Å². The van der Waals surface area contributed by atoms with Crippen LogP contribution in [-0.2, 0) is 6.61 Å². The van der Waals surface area contributed by atoms with Crippen molar-refractivity contribution in [2.24, 2.45) is 0 Å². The average molecular weight is 215 g/mol. The molecule has 0 bridgehead atoms. The van der Waals surface area contributed by atoms with Crippen molar-refractivity contribution < 1.29 is 5.11 Å². The number of benzene rings is 2. The Labute approximate surface area is 93.8 Å². The maximum absolute atomic E-state index is 8.91. The Morgan fingerprint density at radius 2 is 1.87 bits per heavy atom. The summed E-state index contributed by atoms with van der Waals surface area (Å²) >= 11 is 1.67. The molecule has 0 aliphatic heterocycles. The minimum atomic E-state index is 0.0996. The van der Waals surface area contributed by atoms with Gasteiger partial charge in [0.1, 0.15) is 0 Å². The van der Waals surface area contributed by atoms with E-state index in [1.54, 1.807) is 11.8 Å². The lowest BCUT2D eigenvalue weighted by Gasteiger charge is -2.01. The minimum absolute atomic E-state index is 0.0996. The van der Waals surface area contributed by atoms with E-state index in [0.717, 1.165) is 15.4 Å². The van der Waals surface area contributed by atoms with Crippen molar-refractivity contribution in [3.05, 3.63) is 60.2 Å². The first-order chi connectivity index (χ1) is 7.38. The first-order valence-corrected chi connectivity index (χ1v) is 5.54. The molecular formula is C13H11OS. The Morgan fingerprint density at radius 3 is 2.47 bits per heavy atom. The molecule has 0 amide bonds.